The molecule has 0 aliphatic carbocycles. The molecule has 1 atom stereocenters. The third kappa shape index (κ3) is 8.57. The largest absolute Gasteiger partial charge is 0.465 e. The minimum Gasteiger partial charge on any atom is -0.465 e. The molecule has 1 N–H and O–H groups in total. The highest BCUT2D eigenvalue weighted by Gasteiger charge is 2.14. The van der Waals surface area contributed by atoms with E-state index in [0.717, 1.165) is 0 Å². The molecule has 0 unspecified atom stereocenters. The summed E-state index contributed by atoms with van der Waals surface area (Å²) in [6.45, 7) is 4.17. The maximum Gasteiger partial charge on any atom is 0.313 e. The second-order valence-electron chi connectivity index (χ2n) is 3.80. The molecule has 0 fully saturated rings. The molecule has 0 amide bonds. The van der Waals surface area contributed by atoms with Crippen molar-refractivity contribution >= 4 is 27.7 Å². The number of carbonyl (C=O) groups excluding carboxylic acids is 2. The molecule has 0 aliphatic heterocycles. The first kappa shape index (κ1) is 14.6. The Hall–Kier alpha value is -0.420. The van der Waals surface area contributed by atoms with Gasteiger partial charge in [-0.05, 0) is 5.92 Å². The standard InChI is InChI=1S/C10H17BrO4/c1-7(2)6-15-10(14)4-8(12)3-9(13)5-11/h7,9,13H,3-6H2,1-2H3/t9-/m0/s1. The second kappa shape index (κ2) is 7.82. The molecule has 0 aromatic heterocycles. The number of halogens is 1. The van der Waals surface area contributed by atoms with Crippen LogP contribution in [0.5, 0.6) is 0 Å². The van der Waals surface area contributed by atoms with Crippen molar-refractivity contribution < 1.29 is 19.4 Å². The fourth-order valence-electron chi connectivity index (χ4n) is 0.861. The molecule has 4 nitrogen and oxygen atoms in total. The average Bonchev–Trinajstić information content (AvgIpc) is 2.14. The summed E-state index contributed by atoms with van der Waals surface area (Å²) >= 11 is 3.04. The lowest BCUT2D eigenvalue weighted by atomic mass is 10.1. The first-order valence-corrected chi connectivity index (χ1v) is 5.99. The zero-order valence-corrected chi connectivity index (χ0v) is 10.6. The number of hydrogen-bond acceptors (Lipinski definition) is 4. The summed E-state index contributed by atoms with van der Waals surface area (Å²) in [5, 5.41) is 9.47. The van der Waals surface area contributed by atoms with Crippen molar-refractivity contribution in [3.8, 4) is 0 Å². The molecule has 0 radical (unpaired) electrons. The van der Waals surface area contributed by atoms with Gasteiger partial charge in [0.2, 0.25) is 0 Å². The summed E-state index contributed by atoms with van der Waals surface area (Å²) in [6, 6.07) is 0. The van der Waals surface area contributed by atoms with E-state index in [1.807, 2.05) is 13.8 Å². The quantitative estimate of drug-likeness (QED) is 0.434. The fourth-order valence-corrected chi connectivity index (χ4v) is 1.09. The number of Topliss-reactive ketones (excluding diaryl/α,β-unsaturated/α-hetero) is 1. The van der Waals surface area contributed by atoms with Gasteiger partial charge in [0.25, 0.3) is 0 Å². The summed E-state index contributed by atoms with van der Waals surface area (Å²) in [4.78, 5) is 22.3. The molecule has 0 spiro atoms. The van der Waals surface area contributed by atoms with Gasteiger partial charge in [0.15, 0.2) is 0 Å². The highest BCUT2D eigenvalue weighted by atomic mass is 79.9. The van der Waals surface area contributed by atoms with Crippen LogP contribution in [0.1, 0.15) is 26.7 Å². The molecular weight excluding hydrogens is 264 g/mol. The number of esters is 1. The summed E-state index contributed by atoms with van der Waals surface area (Å²) < 4.78 is 4.84. The fraction of sp³-hybridized carbons (Fsp3) is 0.800. The van der Waals surface area contributed by atoms with E-state index in [4.69, 9.17) is 9.84 Å². The molecule has 0 rings (SSSR count). The van der Waals surface area contributed by atoms with Crippen LogP contribution in [0.4, 0.5) is 0 Å². The van der Waals surface area contributed by atoms with Crippen LogP contribution in [0.3, 0.4) is 0 Å². The number of rotatable bonds is 7. The van der Waals surface area contributed by atoms with Gasteiger partial charge >= 0.3 is 5.97 Å². The average molecular weight is 281 g/mol. The Morgan fingerprint density at radius 1 is 1.40 bits per heavy atom. The van der Waals surface area contributed by atoms with E-state index < -0.39 is 12.1 Å². The summed E-state index contributed by atoms with van der Waals surface area (Å²) in [5.41, 5.74) is 0. The first-order valence-electron chi connectivity index (χ1n) is 4.87. The highest BCUT2D eigenvalue weighted by Crippen LogP contribution is 2.02. The number of aliphatic hydroxyl groups is 1. The van der Waals surface area contributed by atoms with E-state index in [1.165, 1.54) is 0 Å². The van der Waals surface area contributed by atoms with Crippen LogP contribution in [-0.2, 0) is 14.3 Å². The minimum absolute atomic E-state index is 0.0119. The molecule has 0 saturated heterocycles. The zero-order chi connectivity index (χ0) is 11.8. The van der Waals surface area contributed by atoms with Crippen molar-refractivity contribution in [2.45, 2.75) is 32.8 Å². The number of aliphatic hydroxyl groups excluding tert-OH is 1. The Morgan fingerprint density at radius 3 is 2.47 bits per heavy atom. The molecule has 15 heavy (non-hydrogen) atoms. The van der Waals surface area contributed by atoms with Crippen LogP contribution in [0.25, 0.3) is 0 Å². The van der Waals surface area contributed by atoms with E-state index in [9.17, 15) is 9.59 Å². The molecule has 0 aromatic rings. The Balaban J connectivity index is 3.72. The molecule has 0 saturated carbocycles. The number of alkyl halides is 1. The van der Waals surface area contributed by atoms with E-state index in [1.54, 1.807) is 0 Å². The Labute approximate surface area is 98.1 Å². The van der Waals surface area contributed by atoms with Gasteiger partial charge < -0.3 is 9.84 Å². The Kier molecular flexibility index (Phi) is 7.60. The number of ketones is 1. The van der Waals surface area contributed by atoms with Crippen molar-refractivity contribution in [1.82, 2.24) is 0 Å². The topological polar surface area (TPSA) is 63.6 Å². The summed E-state index contributed by atoms with van der Waals surface area (Å²) in [5.74, 6) is -0.552. The van der Waals surface area contributed by atoms with Gasteiger partial charge in [-0.25, -0.2) is 0 Å². The molecule has 5 heteroatoms. The van der Waals surface area contributed by atoms with Crippen molar-refractivity contribution in [3.63, 3.8) is 0 Å². The third-order valence-electron chi connectivity index (χ3n) is 1.56. The monoisotopic (exact) mass is 280 g/mol. The van der Waals surface area contributed by atoms with E-state index in [0.29, 0.717) is 11.9 Å². The van der Waals surface area contributed by atoms with Crippen molar-refractivity contribution in [2.24, 2.45) is 5.92 Å². The molecule has 0 bridgehead atoms. The minimum atomic E-state index is -0.726. The molecular formula is C10H17BrO4. The first-order chi connectivity index (χ1) is 6.95. The van der Waals surface area contributed by atoms with Crippen molar-refractivity contribution in [2.75, 3.05) is 11.9 Å². The van der Waals surface area contributed by atoms with Crippen LogP contribution in [0, 0.1) is 5.92 Å². The van der Waals surface area contributed by atoms with Crippen LogP contribution < -0.4 is 0 Å². The molecule has 0 aromatic carbocycles. The second-order valence-corrected chi connectivity index (χ2v) is 4.45. The normalized spacial score (nSPS) is 12.6. The van der Waals surface area contributed by atoms with Gasteiger partial charge in [-0.1, -0.05) is 29.8 Å². The van der Waals surface area contributed by atoms with Crippen LogP contribution in [-0.4, -0.2) is 34.9 Å². The van der Waals surface area contributed by atoms with Crippen LogP contribution in [0.2, 0.25) is 0 Å². The highest BCUT2D eigenvalue weighted by molar-refractivity contribution is 9.09. The smallest absolute Gasteiger partial charge is 0.313 e. The molecule has 0 aliphatic rings. The summed E-state index contributed by atoms with van der Waals surface area (Å²) in [6.07, 6.45) is -0.992. The van der Waals surface area contributed by atoms with Crippen LogP contribution >= 0.6 is 15.9 Å². The predicted octanol–water partition coefficient (Wildman–Crippen LogP) is 1.29. The Morgan fingerprint density at radius 2 is 2.00 bits per heavy atom. The maximum atomic E-state index is 11.2. The third-order valence-corrected chi connectivity index (χ3v) is 2.31. The van der Waals surface area contributed by atoms with Gasteiger partial charge in [0.1, 0.15) is 12.2 Å². The SMILES string of the molecule is CC(C)COC(=O)CC(=O)C[C@H](O)CBr. The van der Waals surface area contributed by atoms with Crippen LogP contribution in [0.15, 0.2) is 0 Å². The summed E-state index contributed by atoms with van der Waals surface area (Å²) in [7, 11) is 0. The van der Waals surface area contributed by atoms with Gasteiger partial charge in [0, 0.05) is 11.8 Å². The lowest BCUT2D eigenvalue weighted by molar-refractivity contribution is -0.147. The number of ether oxygens (including phenoxy) is 1. The van der Waals surface area contributed by atoms with Gasteiger partial charge in [-0.2, -0.15) is 0 Å². The molecule has 88 valence electrons. The zero-order valence-electron chi connectivity index (χ0n) is 9.03. The van der Waals surface area contributed by atoms with E-state index in [2.05, 4.69) is 15.9 Å². The van der Waals surface area contributed by atoms with Gasteiger partial charge in [-0.15, -0.1) is 0 Å². The number of hydrogen-bond donors (Lipinski definition) is 1. The maximum absolute atomic E-state index is 11.2. The molecule has 0 heterocycles. The van der Waals surface area contributed by atoms with Crippen molar-refractivity contribution in [3.05, 3.63) is 0 Å². The van der Waals surface area contributed by atoms with Gasteiger partial charge in [-0.3, -0.25) is 9.59 Å². The lowest BCUT2D eigenvalue weighted by Gasteiger charge is -2.07. The number of carbonyl (C=O) groups is 2. The Bertz CT molecular complexity index is 215. The van der Waals surface area contributed by atoms with E-state index >= 15 is 0 Å². The predicted molar refractivity (Wildman–Crippen MR) is 59.8 cm³/mol. The lowest BCUT2D eigenvalue weighted by Crippen LogP contribution is -2.19. The van der Waals surface area contributed by atoms with Gasteiger partial charge in [0.05, 0.1) is 12.7 Å². The van der Waals surface area contributed by atoms with Crippen molar-refractivity contribution in [1.29, 1.82) is 0 Å². The van der Waals surface area contributed by atoms with E-state index in [-0.39, 0.29) is 24.5 Å².